The molecule has 0 saturated heterocycles. The summed E-state index contributed by atoms with van der Waals surface area (Å²) in [7, 11) is 0. The fourth-order valence-corrected chi connectivity index (χ4v) is 1.19. The Bertz CT molecular complexity index is 201. The molecular weight excluding hydrogens is 128 g/mol. The number of hydrogen-bond acceptors (Lipinski definition) is 2. The van der Waals surface area contributed by atoms with Crippen LogP contribution in [0.4, 0.5) is 0 Å². The summed E-state index contributed by atoms with van der Waals surface area (Å²) in [6, 6.07) is 0. The van der Waals surface area contributed by atoms with E-state index < -0.39 is 0 Å². The topological polar surface area (TPSA) is 34.1 Å². The minimum atomic E-state index is 0.0185. The molecule has 0 atom stereocenters. The highest BCUT2D eigenvalue weighted by Crippen LogP contribution is 2.19. The maximum atomic E-state index is 10.9. The van der Waals surface area contributed by atoms with Crippen LogP contribution >= 0.6 is 0 Å². The van der Waals surface area contributed by atoms with Crippen molar-refractivity contribution in [3.8, 4) is 0 Å². The Morgan fingerprint density at radius 1 is 1.10 bits per heavy atom. The van der Waals surface area contributed by atoms with Gasteiger partial charge in [0.25, 0.3) is 0 Å². The van der Waals surface area contributed by atoms with E-state index in [1.807, 2.05) is 0 Å². The zero-order valence-electron chi connectivity index (χ0n) is 6.23. The summed E-state index contributed by atoms with van der Waals surface area (Å²) in [6.07, 6.45) is 0.832. The summed E-state index contributed by atoms with van der Waals surface area (Å²) in [4.78, 5) is 21.9. The third kappa shape index (κ3) is 1.01. The molecule has 0 N–H and O–H groups in total. The Morgan fingerprint density at radius 3 is 1.70 bits per heavy atom. The number of allylic oxidation sites excluding steroid dienone is 2. The molecule has 1 fully saturated rings. The highest BCUT2D eigenvalue weighted by Gasteiger charge is 2.26. The van der Waals surface area contributed by atoms with Crippen molar-refractivity contribution in [2.75, 3.05) is 0 Å². The number of hydrogen-bond donors (Lipinski definition) is 0. The SMILES string of the molecule is CC(C)=C1C(=O)CCC1=O. The second kappa shape index (κ2) is 2.37. The quantitative estimate of drug-likeness (QED) is 0.373. The molecule has 1 aliphatic rings. The average molecular weight is 138 g/mol. The highest BCUT2D eigenvalue weighted by molar-refractivity contribution is 6.25. The molecule has 0 aliphatic heterocycles. The molecular formula is C8H10O2. The molecule has 0 spiro atoms. The van der Waals surface area contributed by atoms with E-state index >= 15 is 0 Å². The van der Waals surface area contributed by atoms with Gasteiger partial charge in [-0.15, -0.1) is 0 Å². The molecule has 0 aromatic heterocycles. The molecule has 0 amide bonds. The van der Waals surface area contributed by atoms with Crippen LogP contribution in [0.1, 0.15) is 26.7 Å². The lowest BCUT2D eigenvalue weighted by Gasteiger charge is -1.93. The van der Waals surface area contributed by atoms with Gasteiger partial charge in [-0.3, -0.25) is 9.59 Å². The Hall–Kier alpha value is -0.920. The summed E-state index contributed by atoms with van der Waals surface area (Å²) in [5.74, 6) is 0.0370. The van der Waals surface area contributed by atoms with Crippen LogP contribution in [0, 0.1) is 0 Å². The fraction of sp³-hybridized carbons (Fsp3) is 0.500. The highest BCUT2D eigenvalue weighted by atomic mass is 16.2. The Balaban J connectivity index is 3.05. The van der Waals surface area contributed by atoms with Gasteiger partial charge in [-0.1, -0.05) is 5.57 Å². The van der Waals surface area contributed by atoms with Crippen molar-refractivity contribution < 1.29 is 9.59 Å². The van der Waals surface area contributed by atoms with Gasteiger partial charge >= 0.3 is 0 Å². The van der Waals surface area contributed by atoms with E-state index in [4.69, 9.17) is 0 Å². The second-order valence-electron chi connectivity index (χ2n) is 2.72. The maximum Gasteiger partial charge on any atom is 0.166 e. The molecule has 0 radical (unpaired) electrons. The zero-order valence-corrected chi connectivity index (χ0v) is 6.23. The Morgan fingerprint density at radius 2 is 1.50 bits per heavy atom. The van der Waals surface area contributed by atoms with Gasteiger partial charge in [-0.2, -0.15) is 0 Å². The lowest BCUT2D eigenvalue weighted by atomic mass is 10.1. The van der Waals surface area contributed by atoms with Gasteiger partial charge in [0.1, 0.15) is 0 Å². The standard InChI is InChI=1S/C8H10O2/c1-5(2)8-6(9)3-4-7(8)10/h3-4H2,1-2H3. The van der Waals surface area contributed by atoms with Crippen molar-refractivity contribution in [2.24, 2.45) is 0 Å². The summed E-state index contributed by atoms with van der Waals surface area (Å²) >= 11 is 0. The van der Waals surface area contributed by atoms with Gasteiger partial charge in [0, 0.05) is 12.8 Å². The molecule has 0 unspecified atom stereocenters. The van der Waals surface area contributed by atoms with Gasteiger partial charge < -0.3 is 0 Å². The first-order valence-corrected chi connectivity index (χ1v) is 3.37. The summed E-state index contributed by atoms with van der Waals surface area (Å²) < 4.78 is 0. The molecule has 2 nitrogen and oxygen atoms in total. The molecule has 1 rings (SSSR count). The fourth-order valence-electron chi connectivity index (χ4n) is 1.19. The third-order valence-electron chi connectivity index (χ3n) is 1.64. The monoisotopic (exact) mass is 138 g/mol. The number of carbonyl (C=O) groups is 2. The number of carbonyl (C=O) groups excluding carboxylic acids is 2. The van der Waals surface area contributed by atoms with Crippen molar-refractivity contribution in [1.82, 2.24) is 0 Å². The molecule has 10 heavy (non-hydrogen) atoms. The van der Waals surface area contributed by atoms with Gasteiger partial charge in [-0.25, -0.2) is 0 Å². The molecule has 0 aromatic carbocycles. The molecule has 0 aromatic rings. The minimum Gasteiger partial charge on any atom is -0.294 e. The van der Waals surface area contributed by atoms with Crippen LogP contribution in [0.5, 0.6) is 0 Å². The molecule has 0 bridgehead atoms. The van der Waals surface area contributed by atoms with Gasteiger partial charge in [0.2, 0.25) is 0 Å². The predicted molar refractivity (Wildman–Crippen MR) is 37.6 cm³/mol. The summed E-state index contributed by atoms with van der Waals surface area (Å²) in [5, 5.41) is 0. The number of ketones is 2. The van der Waals surface area contributed by atoms with E-state index in [-0.39, 0.29) is 11.6 Å². The van der Waals surface area contributed by atoms with Crippen LogP contribution < -0.4 is 0 Å². The van der Waals surface area contributed by atoms with Crippen molar-refractivity contribution in [2.45, 2.75) is 26.7 Å². The first kappa shape index (κ1) is 7.19. The molecule has 1 saturated carbocycles. The lowest BCUT2D eigenvalue weighted by Crippen LogP contribution is -2.00. The second-order valence-corrected chi connectivity index (χ2v) is 2.72. The van der Waals surface area contributed by atoms with Gasteiger partial charge in [-0.05, 0) is 13.8 Å². The van der Waals surface area contributed by atoms with E-state index in [0.29, 0.717) is 18.4 Å². The van der Waals surface area contributed by atoms with Crippen molar-refractivity contribution in [3.05, 3.63) is 11.1 Å². The average Bonchev–Trinajstić information content (AvgIpc) is 2.11. The molecule has 0 heterocycles. The smallest absolute Gasteiger partial charge is 0.166 e. The van der Waals surface area contributed by atoms with E-state index in [2.05, 4.69) is 0 Å². The largest absolute Gasteiger partial charge is 0.294 e. The Labute approximate surface area is 59.9 Å². The number of rotatable bonds is 0. The lowest BCUT2D eigenvalue weighted by molar-refractivity contribution is -0.116. The first-order chi connectivity index (χ1) is 4.63. The minimum absolute atomic E-state index is 0.0185. The van der Waals surface area contributed by atoms with E-state index in [0.717, 1.165) is 5.57 Å². The first-order valence-electron chi connectivity index (χ1n) is 3.37. The van der Waals surface area contributed by atoms with Crippen LogP contribution in [0.15, 0.2) is 11.1 Å². The van der Waals surface area contributed by atoms with E-state index in [1.54, 1.807) is 13.8 Å². The molecule has 54 valence electrons. The molecule has 1 aliphatic carbocycles. The maximum absolute atomic E-state index is 10.9. The summed E-state index contributed by atoms with van der Waals surface area (Å²) in [5.41, 5.74) is 1.30. The number of Topliss-reactive ketones (excluding diaryl/α,β-unsaturated/α-hetero) is 2. The van der Waals surface area contributed by atoms with Crippen molar-refractivity contribution in [3.63, 3.8) is 0 Å². The normalized spacial score (nSPS) is 18.4. The predicted octanol–water partition coefficient (Wildman–Crippen LogP) is 1.25. The zero-order chi connectivity index (χ0) is 7.72. The summed E-state index contributed by atoms with van der Waals surface area (Å²) in [6.45, 7) is 3.60. The molecule has 2 heteroatoms. The van der Waals surface area contributed by atoms with Gasteiger partial charge in [0.15, 0.2) is 11.6 Å². The van der Waals surface area contributed by atoms with Crippen LogP contribution in [0.2, 0.25) is 0 Å². The van der Waals surface area contributed by atoms with Crippen molar-refractivity contribution >= 4 is 11.6 Å². The van der Waals surface area contributed by atoms with E-state index in [1.165, 1.54) is 0 Å². The third-order valence-corrected chi connectivity index (χ3v) is 1.64. The Kier molecular flexibility index (Phi) is 1.70. The van der Waals surface area contributed by atoms with Crippen LogP contribution in [0.25, 0.3) is 0 Å². The van der Waals surface area contributed by atoms with Crippen LogP contribution in [0.3, 0.4) is 0 Å². The van der Waals surface area contributed by atoms with Gasteiger partial charge in [0.05, 0.1) is 5.57 Å². The van der Waals surface area contributed by atoms with Crippen LogP contribution in [-0.2, 0) is 9.59 Å². The van der Waals surface area contributed by atoms with E-state index in [9.17, 15) is 9.59 Å². The van der Waals surface area contributed by atoms with Crippen LogP contribution in [-0.4, -0.2) is 11.6 Å². The van der Waals surface area contributed by atoms with Crippen molar-refractivity contribution in [1.29, 1.82) is 0 Å².